The number of hydrogen-bond donors (Lipinski definition) is 3. The Hall–Kier alpha value is -3.80. The number of non-ortho nitro benzene ring substituents is 1. The van der Waals surface area contributed by atoms with E-state index >= 15 is 0 Å². The van der Waals surface area contributed by atoms with Gasteiger partial charge >= 0.3 is 0 Å². The van der Waals surface area contributed by atoms with Gasteiger partial charge in [0, 0.05) is 36.5 Å². The highest BCUT2D eigenvalue weighted by molar-refractivity contribution is 9.10. The lowest BCUT2D eigenvalue weighted by Crippen LogP contribution is -2.21. The first kappa shape index (κ1) is 21.4. The number of aromatic nitrogens is 3. The van der Waals surface area contributed by atoms with Crippen LogP contribution in [-0.2, 0) is 0 Å². The highest BCUT2D eigenvalue weighted by Crippen LogP contribution is 2.31. The van der Waals surface area contributed by atoms with Crippen LogP contribution in [0.3, 0.4) is 0 Å². The lowest BCUT2D eigenvalue weighted by molar-refractivity contribution is -0.385. The average Bonchev–Trinajstić information content (AvgIpc) is 3.32. The number of anilines is 4. The first-order valence-corrected chi connectivity index (χ1v) is 10.6. The van der Waals surface area contributed by atoms with Gasteiger partial charge in [-0.3, -0.25) is 10.1 Å². The van der Waals surface area contributed by atoms with Gasteiger partial charge in [0.15, 0.2) is 0 Å². The molecule has 32 heavy (non-hydrogen) atoms. The van der Waals surface area contributed by atoms with Crippen LogP contribution in [0.4, 0.5) is 29.2 Å². The van der Waals surface area contributed by atoms with Crippen molar-refractivity contribution in [1.29, 1.82) is 0 Å². The van der Waals surface area contributed by atoms with Crippen LogP contribution in [0.2, 0.25) is 0 Å². The zero-order valence-corrected chi connectivity index (χ0v) is 18.4. The summed E-state index contributed by atoms with van der Waals surface area (Å²) in [7, 11) is 0. The van der Waals surface area contributed by atoms with Gasteiger partial charge in [-0.1, -0.05) is 18.2 Å². The summed E-state index contributed by atoms with van der Waals surface area (Å²) >= 11 is 3.11. The number of aromatic hydroxyl groups is 1. The number of nitro groups is 1. The predicted octanol–water partition coefficient (Wildman–Crippen LogP) is 4.04. The van der Waals surface area contributed by atoms with Gasteiger partial charge in [-0.25, -0.2) is 5.43 Å². The molecule has 0 bridgehead atoms. The van der Waals surface area contributed by atoms with Crippen LogP contribution < -0.4 is 15.6 Å². The minimum absolute atomic E-state index is 0.162. The molecule has 0 saturated carbocycles. The summed E-state index contributed by atoms with van der Waals surface area (Å²) in [6.07, 6.45) is 3.39. The second kappa shape index (κ2) is 9.56. The summed E-state index contributed by atoms with van der Waals surface area (Å²) in [4.78, 5) is 25.9. The van der Waals surface area contributed by atoms with E-state index in [0.717, 1.165) is 31.6 Å². The molecule has 1 fully saturated rings. The number of hydrazone groups is 1. The molecule has 0 radical (unpaired) electrons. The molecule has 164 valence electrons. The summed E-state index contributed by atoms with van der Waals surface area (Å²) in [5.41, 5.74) is 3.53. The van der Waals surface area contributed by atoms with Crippen LogP contribution in [0.5, 0.6) is 5.75 Å². The number of nitro benzene ring substituents is 1. The maximum Gasteiger partial charge on any atom is 0.271 e. The van der Waals surface area contributed by atoms with Crippen molar-refractivity contribution in [3.63, 3.8) is 0 Å². The highest BCUT2D eigenvalue weighted by atomic mass is 79.9. The van der Waals surface area contributed by atoms with Crippen molar-refractivity contribution in [2.45, 2.75) is 12.8 Å². The SMILES string of the molecule is O=[N+]([O-])c1cc(Br)c(O)c(/C=N\Nc2nc(Nc3ccccc3)nc(N3CCCC3)n2)c1. The van der Waals surface area contributed by atoms with Crippen LogP contribution in [-0.4, -0.2) is 44.3 Å². The molecule has 3 N–H and O–H groups in total. The molecule has 0 unspecified atom stereocenters. The monoisotopic (exact) mass is 498 g/mol. The van der Waals surface area contributed by atoms with Gasteiger partial charge in [0.05, 0.1) is 15.6 Å². The van der Waals surface area contributed by atoms with Gasteiger partial charge in [0.1, 0.15) is 5.75 Å². The van der Waals surface area contributed by atoms with Gasteiger partial charge in [0.25, 0.3) is 5.69 Å². The van der Waals surface area contributed by atoms with Crippen molar-refractivity contribution >= 4 is 51.4 Å². The van der Waals surface area contributed by atoms with Crippen molar-refractivity contribution in [3.05, 3.63) is 62.6 Å². The molecule has 1 aliphatic heterocycles. The normalized spacial score (nSPS) is 13.5. The fourth-order valence-corrected chi connectivity index (χ4v) is 3.61. The first-order chi connectivity index (χ1) is 15.5. The molecule has 0 spiro atoms. The third-order valence-corrected chi connectivity index (χ3v) is 5.30. The lowest BCUT2D eigenvalue weighted by Gasteiger charge is -2.16. The van der Waals surface area contributed by atoms with E-state index in [1.807, 2.05) is 30.3 Å². The molecule has 2 heterocycles. The topological polar surface area (TPSA) is 142 Å². The Morgan fingerprint density at radius 2 is 1.84 bits per heavy atom. The number of phenols is 1. The fraction of sp³-hybridized carbons (Fsp3) is 0.200. The summed E-state index contributed by atoms with van der Waals surface area (Å²) in [6.45, 7) is 1.71. The van der Waals surface area contributed by atoms with Gasteiger partial charge in [-0.2, -0.15) is 20.1 Å². The molecule has 0 amide bonds. The van der Waals surface area contributed by atoms with Crippen LogP contribution in [0.15, 0.2) is 52.0 Å². The summed E-state index contributed by atoms with van der Waals surface area (Å²) in [6, 6.07) is 11.9. The van der Waals surface area contributed by atoms with E-state index < -0.39 is 4.92 Å². The van der Waals surface area contributed by atoms with E-state index in [1.54, 1.807) is 0 Å². The zero-order valence-electron chi connectivity index (χ0n) is 16.8. The minimum Gasteiger partial charge on any atom is -0.506 e. The average molecular weight is 499 g/mol. The lowest BCUT2D eigenvalue weighted by atomic mass is 10.2. The van der Waals surface area contributed by atoms with Gasteiger partial charge < -0.3 is 15.3 Å². The Morgan fingerprint density at radius 1 is 1.12 bits per heavy atom. The molecule has 11 nitrogen and oxygen atoms in total. The first-order valence-electron chi connectivity index (χ1n) is 9.78. The van der Waals surface area contributed by atoms with Crippen LogP contribution >= 0.6 is 15.9 Å². The van der Waals surface area contributed by atoms with E-state index in [9.17, 15) is 15.2 Å². The number of hydrogen-bond acceptors (Lipinski definition) is 10. The maximum atomic E-state index is 11.1. The summed E-state index contributed by atoms with van der Waals surface area (Å²) in [5.74, 6) is 0.905. The van der Waals surface area contributed by atoms with E-state index in [4.69, 9.17) is 0 Å². The van der Waals surface area contributed by atoms with E-state index in [-0.39, 0.29) is 27.4 Å². The molecule has 1 saturated heterocycles. The Bertz CT molecular complexity index is 1150. The fourth-order valence-electron chi connectivity index (χ4n) is 3.15. The molecular weight excluding hydrogens is 480 g/mol. The smallest absolute Gasteiger partial charge is 0.271 e. The molecular formula is C20H19BrN8O3. The van der Waals surface area contributed by atoms with Crippen LogP contribution in [0.1, 0.15) is 18.4 Å². The van der Waals surface area contributed by atoms with E-state index in [1.165, 1.54) is 18.3 Å². The van der Waals surface area contributed by atoms with Gasteiger partial charge in [-0.05, 0) is 40.9 Å². The number of phenolic OH excluding ortho intramolecular Hbond substituents is 1. The molecule has 0 atom stereocenters. The van der Waals surface area contributed by atoms with Crippen molar-refractivity contribution in [2.75, 3.05) is 28.7 Å². The number of rotatable bonds is 7. The molecule has 12 heteroatoms. The molecule has 3 aromatic rings. The van der Waals surface area contributed by atoms with Crippen molar-refractivity contribution in [2.24, 2.45) is 5.10 Å². The van der Waals surface area contributed by atoms with Crippen LogP contribution in [0, 0.1) is 10.1 Å². The van der Waals surface area contributed by atoms with Crippen LogP contribution in [0.25, 0.3) is 0 Å². The number of benzene rings is 2. The number of nitrogens with zero attached hydrogens (tertiary/aromatic N) is 6. The third-order valence-electron chi connectivity index (χ3n) is 4.70. The second-order valence-corrected chi connectivity index (χ2v) is 7.81. The Morgan fingerprint density at radius 3 is 2.56 bits per heavy atom. The summed E-state index contributed by atoms with van der Waals surface area (Å²) < 4.78 is 0.193. The van der Waals surface area contributed by atoms with Gasteiger partial charge in [0.2, 0.25) is 17.8 Å². The molecule has 0 aliphatic carbocycles. The third kappa shape index (κ3) is 5.09. The molecule has 2 aromatic carbocycles. The highest BCUT2D eigenvalue weighted by Gasteiger charge is 2.18. The standard InChI is InChI=1S/C20H19BrN8O3/c21-16-11-15(29(31)32)10-13(17(16)30)12-22-27-19-24-18(23-14-6-2-1-3-7-14)25-20(26-19)28-8-4-5-9-28/h1-3,6-7,10-12,30H,4-5,8-9H2,(H2,23,24,25,26,27)/b22-12-. The summed E-state index contributed by atoms with van der Waals surface area (Å²) in [5, 5.41) is 28.4. The number of para-hydroxylation sites is 1. The minimum atomic E-state index is -0.551. The van der Waals surface area contributed by atoms with E-state index in [0.29, 0.717) is 11.9 Å². The Labute approximate surface area is 191 Å². The Kier molecular flexibility index (Phi) is 6.40. The van der Waals surface area contributed by atoms with E-state index in [2.05, 4.69) is 51.6 Å². The predicted molar refractivity (Wildman–Crippen MR) is 125 cm³/mol. The maximum absolute atomic E-state index is 11.1. The van der Waals surface area contributed by atoms with Crippen molar-refractivity contribution in [1.82, 2.24) is 15.0 Å². The van der Waals surface area contributed by atoms with Crippen molar-refractivity contribution < 1.29 is 10.0 Å². The number of halogens is 1. The molecule has 4 rings (SSSR count). The molecule has 1 aliphatic rings. The second-order valence-electron chi connectivity index (χ2n) is 6.96. The molecule has 1 aromatic heterocycles. The van der Waals surface area contributed by atoms with Gasteiger partial charge in [-0.15, -0.1) is 0 Å². The zero-order chi connectivity index (χ0) is 22.5. The Balaban J connectivity index is 1.59. The van der Waals surface area contributed by atoms with Crippen molar-refractivity contribution in [3.8, 4) is 5.75 Å². The quantitative estimate of drug-likeness (QED) is 0.249. The largest absolute Gasteiger partial charge is 0.506 e. The number of nitrogens with one attached hydrogen (secondary N) is 2.